The Labute approximate surface area is 145 Å². The van der Waals surface area contributed by atoms with Gasteiger partial charge in [0.1, 0.15) is 18.2 Å². The second kappa shape index (κ2) is 6.81. The summed E-state index contributed by atoms with van der Waals surface area (Å²) in [5.74, 6) is 2.17. The van der Waals surface area contributed by atoms with Crippen molar-refractivity contribution in [2.75, 3.05) is 0 Å². The molecule has 2 aromatic carbocycles. The fourth-order valence-electron chi connectivity index (χ4n) is 2.50. The van der Waals surface area contributed by atoms with Crippen LogP contribution >= 0.6 is 23.2 Å². The summed E-state index contributed by atoms with van der Waals surface area (Å²) in [5, 5.41) is 1.41. The van der Waals surface area contributed by atoms with E-state index in [1.54, 1.807) is 0 Å². The van der Waals surface area contributed by atoms with Crippen LogP contribution in [0.1, 0.15) is 19.7 Å². The third-order valence-electron chi connectivity index (χ3n) is 3.52. The number of aromatic nitrogens is 2. The zero-order valence-electron chi connectivity index (χ0n) is 13.1. The molecule has 0 aliphatic carbocycles. The fraction of sp³-hybridized carbons (Fsp3) is 0.278. The smallest absolute Gasteiger partial charge is 0.148 e. The van der Waals surface area contributed by atoms with Crippen molar-refractivity contribution in [2.24, 2.45) is 5.92 Å². The van der Waals surface area contributed by atoms with Crippen molar-refractivity contribution in [2.45, 2.75) is 27.0 Å². The zero-order valence-corrected chi connectivity index (χ0v) is 14.6. The van der Waals surface area contributed by atoms with Gasteiger partial charge in [-0.1, -0.05) is 37.0 Å². The Morgan fingerprint density at radius 1 is 1.04 bits per heavy atom. The molecule has 3 aromatic rings. The lowest BCUT2D eigenvalue weighted by atomic mass is 10.2. The highest BCUT2D eigenvalue weighted by Crippen LogP contribution is 2.23. The van der Waals surface area contributed by atoms with E-state index in [0.29, 0.717) is 22.6 Å². The normalized spacial score (nSPS) is 11.3. The molecule has 0 atom stereocenters. The highest BCUT2D eigenvalue weighted by atomic mass is 35.5. The first kappa shape index (κ1) is 16.2. The average Bonchev–Trinajstić information content (AvgIpc) is 2.84. The maximum Gasteiger partial charge on any atom is 0.148 e. The predicted molar refractivity (Wildman–Crippen MR) is 95.4 cm³/mol. The monoisotopic (exact) mass is 348 g/mol. The van der Waals surface area contributed by atoms with Crippen molar-refractivity contribution in [3.05, 3.63) is 58.3 Å². The Bertz CT molecular complexity index is 810. The van der Waals surface area contributed by atoms with Crippen LogP contribution in [0.2, 0.25) is 10.0 Å². The van der Waals surface area contributed by atoms with E-state index < -0.39 is 0 Å². The van der Waals surface area contributed by atoms with Gasteiger partial charge in [-0.3, -0.25) is 0 Å². The van der Waals surface area contributed by atoms with Crippen LogP contribution in [-0.2, 0) is 13.2 Å². The van der Waals surface area contributed by atoms with E-state index in [1.807, 2.05) is 42.5 Å². The molecule has 1 aromatic heterocycles. The van der Waals surface area contributed by atoms with Gasteiger partial charge in [0.05, 0.1) is 11.0 Å². The van der Waals surface area contributed by atoms with Crippen molar-refractivity contribution >= 4 is 34.2 Å². The first-order valence-corrected chi connectivity index (χ1v) is 8.31. The number of benzene rings is 2. The van der Waals surface area contributed by atoms with Crippen LogP contribution in [0.25, 0.3) is 11.0 Å². The van der Waals surface area contributed by atoms with Crippen molar-refractivity contribution in [1.82, 2.24) is 9.55 Å². The summed E-state index contributed by atoms with van der Waals surface area (Å²) in [6, 6.07) is 13.1. The highest BCUT2D eigenvalue weighted by molar-refractivity contribution is 6.31. The standard InChI is InChI=1S/C18H18Cl2N2O/c1-12(2)10-22-17-9-14(20)5-8-16(17)21-18(22)11-23-15-6-3-13(19)4-7-15/h3-9,12H,10-11H2,1-2H3. The summed E-state index contributed by atoms with van der Waals surface area (Å²) in [6.45, 7) is 5.64. The van der Waals surface area contributed by atoms with Crippen LogP contribution in [0.3, 0.4) is 0 Å². The maximum atomic E-state index is 6.14. The molecule has 0 aliphatic heterocycles. The molecule has 0 bridgehead atoms. The van der Waals surface area contributed by atoms with E-state index in [-0.39, 0.29) is 0 Å². The van der Waals surface area contributed by atoms with Gasteiger partial charge in [0.2, 0.25) is 0 Å². The number of imidazole rings is 1. The molecule has 0 unspecified atom stereocenters. The molecule has 0 fully saturated rings. The van der Waals surface area contributed by atoms with Crippen LogP contribution in [-0.4, -0.2) is 9.55 Å². The fourth-order valence-corrected chi connectivity index (χ4v) is 2.80. The Hall–Kier alpha value is -1.71. The van der Waals surface area contributed by atoms with E-state index in [2.05, 4.69) is 18.4 Å². The van der Waals surface area contributed by atoms with Crippen molar-refractivity contribution < 1.29 is 4.74 Å². The van der Waals surface area contributed by atoms with Crippen LogP contribution in [0.15, 0.2) is 42.5 Å². The van der Waals surface area contributed by atoms with Gasteiger partial charge in [-0.05, 0) is 48.4 Å². The molecule has 1 heterocycles. The molecular weight excluding hydrogens is 331 g/mol. The number of hydrogen-bond acceptors (Lipinski definition) is 2. The van der Waals surface area contributed by atoms with E-state index >= 15 is 0 Å². The molecule has 0 spiro atoms. The van der Waals surface area contributed by atoms with Gasteiger partial charge in [-0.15, -0.1) is 0 Å². The Morgan fingerprint density at radius 2 is 1.74 bits per heavy atom. The second-order valence-corrected chi connectivity index (χ2v) is 6.78. The first-order chi connectivity index (χ1) is 11.0. The number of hydrogen-bond donors (Lipinski definition) is 0. The minimum absolute atomic E-state index is 0.403. The number of rotatable bonds is 5. The van der Waals surface area contributed by atoms with Gasteiger partial charge in [0.25, 0.3) is 0 Å². The molecule has 0 saturated carbocycles. The Kier molecular flexibility index (Phi) is 4.79. The molecule has 3 nitrogen and oxygen atoms in total. The molecule has 5 heteroatoms. The number of fused-ring (bicyclic) bond motifs is 1. The van der Waals surface area contributed by atoms with Crippen molar-refractivity contribution in [3.63, 3.8) is 0 Å². The topological polar surface area (TPSA) is 27.1 Å². The molecule has 0 radical (unpaired) electrons. The third kappa shape index (κ3) is 3.80. The summed E-state index contributed by atoms with van der Waals surface area (Å²) >= 11 is 12.0. The quantitative estimate of drug-likeness (QED) is 0.601. The average molecular weight is 349 g/mol. The van der Waals surface area contributed by atoms with Gasteiger partial charge in [0.15, 0.2) is 0 Å². The maximum absolute atomic E-state index is 6.14. The van der Waals surface area contributed by atoms with Crippen LogP contribution in [0.5, 0.6) is 5.75 Å². The minimum Gasteiger partial charge on any atom is -0.486 e. The lowest BCUT2D eigenvalue weighted by Crippen LogP contribution is -2.11. The van der Waals surface area contributed by atoms with Gasteiger partial charge in [-0.2, -0.15) is 0 Å². The van der Waals surface area contributed by atoms with E-state index in [1.165, 1.54) is 0 Å². The van der Waals surface area contributed by atoms with Gasteiger partial charge >= 0.3 is 0 Å². The van der Waals surface area contributed by atoms with E-state index in [9.17, 15) is 0 Å². The highest BCUT2D eigenvalue weighted by Gasteiger charge is 2.13. The summed E-state index contributed by atoms with van der Waals surface area (Å²) in [4.78, 5) is 4.69. The molecule has 0 saturated heterocycles. The Balaban J connectivity index is 1.90. The van der Waals surface area contributed by atoms with Crippen molar-refractivity contribution in [3.8, 4) is 5.75 Å². The van der Waals surface area contributed by atoms with Crippen LogP contribution < -0.4 is 4.74 Å². The summed E-state index contributed by atoms with van der Waals surface area (Å²) < 4.78 is 8.04. The van der Waals surface area contributed by atoms with E-state index in [0.717, 1.165) is 29.2 Å². The minimum atomic E-state index is 0.403. The zero-order chi connectivity index (χ0) is 16.4. The SMILES string of the molecule is CC(C)Cn1c(COc2ccc(Cl)cc2)nc2ccc(Cl)cc21. The van der Waals surface area contributed by atoms with Gasteiger partial charge in [-0.25, -0.2) is 4.98 Å². The Morgan fingerprint density at radius 3 is 2.43 bits per heavy atom. The van der Waals surface area contributed by atoms with Crippen molar-refractivity contribution in [1.29, 1.82) is 0 Å². The number of halogens is 2. The molecule has 0 N–H and O–H groups in total. The largest absolute Gasteiger partial charge is 0.486 e. The van der Waals surface area contributed by atoms with Crippen LogP contribution in [0.4, 0.5) is 0 Å². The lowest BCUT2D eigenvalue weighted by molar-refractivity contribution is 0.287. The summed E-state index contributed by atoms with van der Waals surface area (Å²) in [7, 11) is 0. The van der Waals surface area contributed by atoms with E-state index in [4.69, 9.17) is 32.9 Å². The second-order valence-electron chi connectivity index (χ2n) is 5.91. The molecule has 120 valence electrons. The third-order valence-corrected chi connectivity index (χ3v) is 4.01. The number of nitrogens with zero attached hydrogens (tertiary/aromatic N) is 2. The van der Waals surface area contributed by atoms with Gasteiger partial charge in [0, 0.05) is 16.6 Å². The summed E-state index contributed by atoms with van der Waals surface area (Å²) in [5.41, 5.74) is 1.98. The lowest BCUT2D eigenvalue weighted by Gasteiger charge is -2.12. The summed E-state index contributed by atoms with van der Waals surface area (Å²) in [6.07, 6.45) is 0. The molecule has 3 rings (SSSR count). The number of ether oxygens (including phenoxy) is 1. The molecular formula is C18H18Cl2N2O. The van der Waals surface area contributed by atoms with Gasteiger partial charge < -0.3 is 9.30 Å². The first-order valence-electron chi connectivity index (χ1n) is 7.56. The van der Waals surface area contributed by atoms with Crippen LogP contribution in [0, 0.1) is 5.92 Å². The molecule has 23 heavy (non-hydrogen) atoms. The predicted octanol–water partition coefficient (Wildman–Crippen LogP) is 5.58. The molecule has 0 amide bonds. The molecule has 0 aliphatic rings.